The lowest BCUT2D eigenvalue weighted by Gasteiger charge is -2.31. The lowest BCUT2D eigenvalue weighted by atomic mass is 9.89. The minimum atomic E-state index is -0.820. The summed E-state index contributed by atoms with van der Waals surface area (Å²) < 4.78 is 0. The Hall–Kier alpha value is -1.65. The first-order valence-electron chi connectivity index (χ1n) is 8.37. The van der Waals surface area contributed by atoms with E-state index in [0.717, 1.165) is 25.7 Å². The molecule has 1 N–H and O–H groups in total. The third-order valence-electron chi connectivity index (χ3n) is 4.69. The van der Waals surface area contributed by atoms with Gasteiger partial charge in [0.05, 0.1) is 0 Å². The van der Waals surface area contributed by atoms with Gasteiger partial charge in [0.15, 0.2) is 0 Å². The van der Waals surface area contributed by atoms with Crippen LogP contribution in [0, 0.1) is 5.92 Å². The first-order chi connectivity index (χ1) is 10.6. The van der Waals surface area contributed by atoms with Crippen molar-refractivity contribution in [2.75, 3.05) is 13.1 Å². The van der Waals surface area contributed by atoms with Crippen LogP contribution in [0.5, 0.6) is 0 Å². The number of nitrogens with one attached hydrogen (secondary N) is 1. The van der Waals surface area contributed by atoms with Crippen LogP contribution in [0.1, 0.15) is 51.4 Å². The maximum atomic E-state index is 12.3. The monoisotopic (exact) mass is 306 g/mol. The molecule has 122 valence electrons. The van der Waals surface area contributed by atoms with Crippen molar-refractivity contribution in [1.82, 2.24) is 10.2 Å². The average Bonchev–Trinajstić information content (AvgIpc) is 2.55. The highest BCUT2D eigenvalue weighted by atomic mass is 16.2. The van der Waals surface area contributed by atoms with Gasteiger partial charge in [-0.25, -0.2) is 0 Å². The van der Waals surface area contributed by atoms with Crippen LogP contribution in [0.4, 0.5) is 0 Å². The fourth-order valence-electron chi connectivity index (χ4n) is 3.35. The molecule has 2 aliphatic rings. The molecule has 22 heavy (non-hydrogen) atoms. The zero-order valence-corrected chi connectivity index (χ0v) is 13.2. The predicted molar refractivity (Wildman–Crippen MR) is 84.1 cm³/mol. The van der Waals surface area contributed by atoms with E-state index in [1.54, 1.807) is 0 Å². The average molecular weight is 306 g/mol. The van der Waals surface area contributed by atoms with Gasteiger partial charge in [-0.1, -0.05) is 25.3 Å². The van der Waals surface area contributed by atoms with Gasteiger partial charge in [0.25, 0.3) is 5.91 Å². The predicted octanol–water partition coefficient (Wildman–Crippen LogP) is 1.82. The van der Waals surface area contributed by atoms with Crippen molar-refractivity contribution >= 4 is 17.6 Å². The second-order valence-corrected chi connectivity index (χ2v) is 6.30. The van der Waals surface area contributed by atoms with Crippen molar-refractivity contribution < 1.29 is 14.4 Å². The highest BCUT2D eigenvalue weighted by Gasteiger charge is 2.32. The molecule has 1 saturated heterocycles. The molecule has 0 radical (unpaired) electrons. The number of amides is 2. The zero-order chi connectivity index (χ0) is 15.9. The van der Waals surface area contributed by atoms with Gasteiger partial charge in [0.2, 0.25) is 11.7 Å². The third-order valence-corrected chi connectivity index (χ3v) is 4.69. The number of Topliss-reactive ketones (excluding diaryl/α,β-unsaturated/α-hetero) is 1. The number of nitrogens with zero attached hydrogens (tertiary/aromatic N) is 1. The molecule has 0 bridgehead atoms. The first kappa shape index (κ1) is 16.7. The fourth-order valence-corrected chi connectivity index (χ4v) is 3.35. The molecule has 5 heteroatoms. The van der Waals surface area contributed by atoms with Crippen molar-refractivity contribution in [1.29, 1.82) is 0 Å². The molecule has 1 unspecified atom stereocenters. The van der Waals surface area contributed by atoms with Crippen LogP contribution in [0.2, 0.25) is 0 Å². The molecule has 1 aliphatic carbocycles. The van der Waals surface area contributed by atoms with Crippen molar-refractivity contribution in [2.24, 2.45) is 5.92 Å². The molecule has 2 amide bonds. The summed E-state index contributed by atoms with van der Waals surface area (Å²) in [6, 6.07) is -0.820. The number of carbonyl (C=O) groups is 3. The standard InChI is InChI=1S/C17H26N2O3/c1-2-14(19-11-7-6-10-15(19)20)16(21)17(22)18-12-13-8-4-3-5-9-13/h2,13-14H,1,3-12H2,(H,18,22). The van der Waals surface area contributed by atoms with E-state index in [1.165, 1.54) is 30.2 Å². The molecular weight excluding hydrogens is 280 g/mol. The van der Waals surface area contributed by atoms with Crippen LogP contribution in [0.15, 0.2) is 12.7 Å². The molecule has 0 aromatic rings. The second-order valence-electron chi connectivity index (χ2n) is 6.30. The summed E-state index contributed by atoms with van der Waals surface area (Å²) in [5, 5.41) is 2.75. The van der Waals surface area contributed by atoms with Crippen LogP contribution in [0.25, 0.3) is 0 Å². The van der Waals surface area contributed by atoms with Crippen molar-refractivity contribution in [3.05, 3.63) is 12.7 Å². The van der Waals surface area contributed by atoms with E-state index in [2.05, 4.69) is 11.9 Å². The van der Waals surface area contributed by atoms with Crippen molar-refractivity contribution in [2.45, 2.75) is 57.4 Å². The summed E-state index contributed by atoms with van der Waals surface area (Å²) >= 11 is 0. The molecule has 5 nitrogen and oxygen atoms in total. The van der Waals surface area contributed by atoms with Gasteiger partial charge in [0, 0.05) is 19.5 Å². The number of carbonyl (C=O) groups excluding carboxylic acids is 3. The minimum absolute atomic E-state index is 0.0652. The smallest absolute Gasteiger partial charge is 0.289 e. The molecule has 1 saturated carbocycles. The minimum Gasteiger partial charge on any atom is -0.349 e. The molecular formula is C17H26N2O3. The van der Waals surface area contributed by atoms with Crippen LogP contribution >= 0.6 is 0 Å². The van der Waals surface area contributed by atoms with Crippen LogP contribution < -0.4 is 5.32 Å². The summed E-state index contributed by atoms with van der Waals surface area (Å²) in [5.74, 6) is -0.746. The molecule has 1 heterocycles. The Morgan fingerprint density at radius 3 is 2.59 bits per heavy atom. The van der Waals surface area contributed by atoms with Gasteiger partial charge < -0.3 is 10.2 Å². The van der Waals surface area contributed by atoms with E-state index in [9.17, 15) is 14.4 Å². The molecule has 0 spiro atoms. The molecule has 0 aromatic carbocycles. The Labute approximate surface area is 132 Å². The lowest BCUT2D eigenvalue weighted by molar-refractivity contribution is -0.145. The molecule has 1 aliphatic heterocycles. The molecule has 0 aromatic heterocycles. The third kappa shape index (κ3) is 4.18. The summed E-state index contributed by atoms with van der Waals surface area (Å²) in [6.45, 7) is 4.71. The Morgan fingerprint density at radius 2 is 1.95 bits per heavy atom. The summed E-state index contributed by atoms with van der Waals surface area (Å²) in [6.07, 6.45) is 9.46. The number of hydrogen-bond donors (Lipinski definition) is 1. The van der Waals surface area contributed by atoms with Gasteiger partial charge in [-0.05, 0) is 31.6 Å². The highest BCUT2D eigenvalue weighted by molar-refractivity contribution is 6.38. The topological polar surface area (TPSA) is 66.5 Å². The summed E-state index contributed by atoms with van der Waals surface area (Å²) in [5.41, 5.74) is 0. The largest absolute Gasteiger partial charge is 0.349 e. The SMILES string of the molecule is C=CC(C(=O)C(=O)NCC1CCCCC1)N1CCCCC1=O. The Kier molecular flexibility index (Phi) is 6.16. The Balaban J connectivity index is 1.88. The maximum Gasteiger partial charge on any atom is 0.289 e. The van der Waals surface area contributed by atoms with E-state index in [4.69, 9.17) is 0 Å². The van der Waals surface area contributed by atoms with Crippen LogP contribution in [-0.4, -0.2) is 41.6 Å². The maximum absolute atomic E-state index is 12.3. The van der Waals surface area contributed by atoms with Crippen molar-refractivity contribution in [3.8, 4) is 0 Å². The van der Waals surface area contributed by atoms with E-state index < -0.39 is 17.7 Å². The normalized spacial score (nSPS) is 21.3. The van der Waals surface area contributed by atoms with Gasteiger partial charge in [-0.2, -0.15) is 0 Å². The van der Waals surface area contributed by atoms with Crippen molar-refractivity contribution in [3.63, 3.8) is 0 Å². The summed E-state index contributed by atoms with van der Waals surface area (Å²) in [4.78, 5) is 37.8. The Morgan fingerprint density at radius 1 is 1.23 bits per heavy atom. The van der Waals surface area contributed by atoms with Gasteiger partial charge >= 0.3 is 0 Å². The molecule has 2 fully saturated rings. The first-order valence-corrected chi connectivity index (χ1v) is 8.37. The number of piperidine rings is 1. The summed E-state index contributed by atoms with van der Waals surface area (Å²) in [7, 11) is 0. The van der Waals surface area contributed by atoms with Crippen LogP contribution in [0.3, 0.4) is 0 Å². The quantitative estimate of drug-likeness (QED) is 0.601. The number of likely N-dealkylation sites (tertiary alicyclic amines) is 1. The lowest BCUT2D eigenvalue weighted by Crippen LogP contribution is -2.51. The number of hydrogen-bond acceptors (Lipinski definition) is 3. The van der Waals surface area contributed by atoms with E-state index in [0.29, 0.717) is 25.4 Å². The second kappa shape index (κ2) is 8.11. The Bertz CT molecular complexity index is 441. The fraction of sp³-hybridized carbons (Fsp3) is 0.706. The van der Waals surface area contributed by atoms with E-state index in [-0.39, 0.29) is 5.91 Å². The molecule has 1 atom stereocenters. The molecule has 2 rings (SSSR count). The number of rotatable bonds is 6. The number of ketones is 1. The van der Waals surface area contributed by atoms with Gasteiger partial charge in [-0.15, -0.1) is 6.58 Å². The zero-order valence-electron chi connectivity index (χ0n) is 13.2. The van der Waals surface area contributed by atoms with Crippen LogP contribution in [-0.2, 0) is 14.4 Å². The van der Waals surface area contributed by atoms with E-state index in [1.807, 2.05) is 0 Å². The van der Waals surface area contributed by atoms with Gasteiger partial charge in [0.1, 0.15) is 6.04 Å². The van der Waals surface area contributed by atoms with Gasteiger partial charge in [-0.3, -0.25) is 14.4 Å². The van der Waals surface area contributed by atoms with E-state index >= 15 is 0 Å². The highest BCUT2D eigenvalue weighted by Crippen LogP contribution is 2.22.